The summed E-state index contributed by atoms with van der Waals surface area (Å²) in [4.78, 5) is 11.9. The summed E-state index contributed by atoms with van der Waals surface area (Å²) >= 11 is 0. The Morgan fingerprint density at radius 2 is 1.75 bits per heavy atom. The van der Waals surface area contributed by atoms with Crippen LogP contribution >= 0.6 is 0 Å². The number of rotatable bonds is 2. The van der Waals surface area contributed by atoms with Crippen LogP contribution in [0.3, 0.4) is 0 Å². The van der Waals surface area contributed by atoms with Crippen LogP contribution in [0, 0.1) is 0 Å². The molecule has 0 atom stereocenters. The molecule has 0 bridgehead atoms. The van der Waals surface area contributed by atoms with Crippen LogP contribution in [0.2, 0.25) is 0 Å². The maximum atomic E-state index is 11.9. The molecule has 0 heterocycles. The first-order chi connectivity index (χ1) is 9.70. The lowest BCUT2D eigenvalue weighted by molar-refractivity contribution is 0.0953. The van der Waals surface area contributed by atoms with Crippen LogP contribution in [0.4, 0.5) is 0 Å². The van der Waals surface area contributed by atoms with Crippen LogP contribution in [0.15, 0.2) is 48.5 Å². The molecular formula is C17H15NO2. The Labute approximate surface area is 116 Å². The number of carbonyl (C=O) groups is 1. The molecule has 2 N–H and O–H groups in total. The number of amides is 1. The maximum Gasteiger partial charge on any atom is 0.255 e. The van der Waals surface area contributed by atoms with Crippen molar-refractivity contribution in [2.24, 2.45) is 0 Å². The summed E-state index contributed by atoms with van der Waals surface area (Å²) in [5.74, 6) is -0.209. The third-order valence-electron chi connectivity index (χ3n) is 3.44. The Kier molecular flexibility index (Phi) is 3.03. The van der Waals surface area contributed by atoms with Crippen molar-refractivity contribution in [1.82, 2.24) is 5.32 Å². The van der Waals surface area contributed by atoms with Gasteiger partial charge >= 0.3 is 0 Å². The molecule has 0 aliphatic heterocycles. The Morgan fingerprint density at radius 1 is 1.05 bits per heavy atom. The van der Waals surface area contributed by atoms with Crippen molar-refractivity contribution in [3.05, 3.63) is 54.1 Å². The fraction of sp³-hybridized carbons (Fsp3) is 0.118. The number of phenolic OH excluding ortho intramolecular Hbond substituents is 1. The van der Waals surface area contributed by atoms with Crippen LogP contribution < -0.4 is 5.32 Å². The zero-order valence-corrected chi connectivity index (χ0v) is 11.2. The zero-order chi connectivity index (χ0) is 14.1. The molecule has 3 heteroatoms. The maximum absolute atomic E-state index is 11.9. The molecule has 0 aliphatic rings. The summed E-state index contributed by atoms with van der Waals surface area (Å²) in [6, 6.07) is 15.4. The van der Waals surface area contributed by atoms with E-state index in [1.807, 2.05) is 49.4 Å². The topological polar surface area (TPSA) is 49.3 Å². The van der Waals surface area contributed by atoms with Crippen molar-refractivity contribution >= 4 is 27.5 Å². The van der Waals surface area contributed by atoms with Gasteiger partial charge in [-0.2, -0.15) is 0 Å². The number of carbonyl (C=O) groups excluding carboxylic acids is 1. The fourth-order valence-corrected chi connectivity index (χ4v) is 2.44. The molecule has 0 unspecified atom stereocenters. The van der Waals surface area contributed by atoms with Crippen LogP contribution in [0.1, 0.15) is 17.3 Å². The van der Waals surface area contributed by atoms with Crippen LogP contribution in [0.5, 0.6) is 5.75 Å². The lowest BCUT2D eigenvalue weighted by Crippen LogP contribution is -2.22. The molecule has 100 valence electrons. The molecule has 3 nitrogen and oxygen atoms in total. The number of aromatic hydroxyl groups is 1. The van der Waals surface area contributed by atoms with Gasteiger partial charge in [-0.15, -0.1) is 0 Å². The van der Waals surface area contributed by atoms with Gasteiger partial charge in [-0.1, -0.05) is 30.3 Å². The van der Waals surface area contributed by atoms with Gasteiger partial charge in [-0.3, -0.25) is 4.79 Å². The second-order valence-corrected chi connectivity index (χ2v) is 4.74. The summed E-state index contributed by atoms with van der Waals surface area (Å²) in [5, 5.41) is 16.8. The minimum Gasteiger partial charge on any atom is -0.506 e. The number of nitrogens with one attached hydrogen (secondary N) is 1. The van der Waals surface area contributed by atoms with E-state index < -0.39 is 0 Å². The minimum absolute atomic E-state index is 0.0409. The summed E-state index contributed by atoms with van der Waals surface area (Å²) in [5.41, 5.74) is 0.314. The van der Waals surface area contributed by atoms with Gasteiger partial charge in [0.25, 0.3) is 5.91 Å². The first-order valence-corrected chi connectivity index (χ1v) is 6.63. The second kappa shape index (κ2) is 4.85. The Morgan fingerprint density at radius 3 is 2.45 bits per heavy atom. The van der Waals surface area contributed by atoms with Gasteiger partial charge in [0.15, 0.2) is 0 Å². The van der Waals surface area contributed by atoms with Crippen LogP contribution in [0.25, 0.3) is 21.5 Å². The van der Waals surface area contributed by atoms with Gasteiger partial charge in [-0.25, -0.2) is 0 Å². The lowest BCUT2D eigenvalue weighted by atomic mass is 10.0. The molecule has 0 saturated heterocycles. The van der Waals surface area contributed by atoms with E-state index in [0.717, 1.165) is 16.2 Å². The number of fused-ring (bicyclic) bond motifs is 2. The van der Waals surface area contributed by atoms with E-state index in [4.69, 9.17) is 0 Å². The zero-order valence-electron chi connectivity index (χ0n) is 11.2. The highest BCUT2D eigenvalue weighted by Gasteiger charge is 2.13. The summed E-state index contributed by atoms with van der Waals surface area (Å²) in [6.07, 6.45) is 0. The number of hydrogen-bond acceptors (Lipinski definition) is 2. The number of hydrogen-bond donors (Lipinski definition) is 2. The Hall–Kier alpha value is -2.55. The SMILES string of the molecule is CCNC(=O)c1ccc2cc3ccccc3cc2c1O. The first kappa shape index (κ1) is 12.5. The molecule has 3 aromatic carbocycles. The van der Waals surface area contributed by atoms with Crippen molar-refractivity contribution in [2.45, 2.75) is 6.92 Å². The molecule has 0 fully saturated rings. The molecule has 0 aromatic heterocycles. The molecular weight excluding hydrogens is 250 g/mol. The highest BCUT2D eigenvalue weighted by molar-refractivity contribution is 6.07. The average molecular weight is 265 g/mol. The fourth-order valence-electron chi connectivity index (χ4n) is 2.44. The predicted molar refractivity (Wildman–Crippen MR) is 81.1 cm³/mol. The molecule has 0 spiro atoms. The highest BCUT2D eigenvalue weighted by Crippen LogP contribution is 2.32. The Bertz CT molecular complexity index is 809. The van der Waals surface area contributed by atoms with Crippen molar-refractivity contribution in [1.29, 1.82) is 0 Å². The van der Waals surface area contributed by atoms with E-state index in [-0.39, 0.29) is 11.7 Å². The van der Waals surface area contributed by atoms with Crippen LogP contribution in [-0.4, -0.2) is 17.6 Å². The molecule has 1 amide bonds. The smallest absolute Gasteiger partial charge is 0.255 e. The molecule has 0 radical (unpaired) electrons. The molecule has 20 heavy (non-hydrogen) atoms. The normalized spacial score (nSPS) is 10.8. The molecule has 3 aromatic rings. The Balaban J connectivity index is 2.26. The summed E-state index contributed by atoms with van der Waals surface area (Å²) in [6.45, 7) is 2.39. The molecule has 3 rings (SSSR count). The lowest BCUT2D eigenvalue weighted by Gasteiger charge is -2.09. The van der Waals surface area contributed by atoms with Crippen molar-refractivity contribution in [3.8, 4) is 5.75 Å². The van der Waals surface area contributed by atoms with E-state index in [9.17, 15) is 9.90 Å². The quantitative estimate of drug-likeness (QED) is 0.697. The van der Waals surface area contributed by atoms with Gasteiger partial charge in [0.2, 0.25) is 0 Å². The van der Waals surface area contributed by atoms with Gasteiger partial charge in [0.1, 0.15) is 5.75 Å². The summed E-state index contributed by atoms with van der Waals surface area (Å²) in [7, 11) is 0. The average Bonchev–Trinajstić information content (AvgIpc) is 2.46. The standard InChI is InChI=1S/C17H15NO2/c1-2-18-17(20)14-8-7-13-9-11-5-3-4-6-12(11)10-15(13)16(14)19/h3-10,19H,2H2,1H3,(H,18,20). The largest absolute Gasteiger partial charge is 0.506 e. The van der Waals surface area contributed by atoms with Crippen LogP contribution in [-0.2, 0) is 0 Å². The number of phenols is 1. The van der Waals surface area contributed by atoms with Crippen molar-refractivity contribution in [2.75, 3.05) is 6.54 Å². The van der Waals surface area contributed by atoms with Gasteiger partial charge in [0.05, 0.1) is 5.56 Å². The van der Waals surface area contributed by atoms with Gasteiger partial charge < -0.3 is 10.4 Å². The summed E-state index contributed by atoms with van der Waals surface area (Å²) < 4.78 is 0. The molecule has 0 saturated carbocycles. The first-order valence-electron chi connectivity index (χ1n) is 6.63. The van der Waals surface area contributed by atoms with E-state index in [1.165, 1.54) is 0 Å². The van der Waals surface area contributed by atoms with Gasteiger partial charge in [-0.05, 0) is 41.3 Å². The van der Waals surface area contributed by atoms with E-state index in [1.54, 1.807) is 6.07 Å². The van der Waals surface area contributed by atoms with E-state index >= 15 is 0 Å². The monoisotopic (exact) mass is 265 g/mol. The third-order valence-corrected chi connectivity index (χ3v) is 3.44. The highest BCUT2D eigenvalue weighted by atomic mass is 16.3. The van der Waals surface area contributed by atoms with Gasteiger partial charge in [0, 0.05) is 11.9 Å². The van der Waals surface area contributed by atoms with Crippen molar-refractivity contribution in [3.63, 3.8) is 0 Å². The van der Waals surface area contributed by atoms with E-state index in [2.05, 4.69) is 5.32 Å². The number of benzene rings is 3. The van der Waals surface area contributed by atoms with Crippen molar-refractivity contribution < 1.29 is 9.90 Å². The molecule has 0 aliphatic carbocycles. The second-order valence-electron chi connectivity index (χ2n) is 4.74. The van der Waals surface area contributed by atoms with E-state index in [0.29, 0.717) is 17.5 Å². The minimum atomic E-state index is -0.250. The predicted octanol–water partition coefficient (Wildman–Crippen LogP) is 3.45. The third kappa shape index (κ3) is 1.97.